The van der Waals surface area contributed by atoms with Crippen LogP contribution in [0, 0.1) is 11.8 Å². The second-order valence-corrected chi connectivity index (χ2v) is 4.91. The van der Waals surface area contributed by atoms with Gasteiger partial charge in [-0.2, -0.15) is 0 Å². The van der Waals surface area contributed by atoms with E-state index in [1.807, 2.05) is 29.2 Å². The minimum Gasteiger partial charge on any atom is -0.325 e. The van der Waals surface area contributed by atoms with Crippen LogP contribution in [0.15, 0.2) is 24.3 Å². The molecule has 2 amide bonds. The van der Waals surface area contributed by atoms with Crippen LogP contribution < -0.4 is 11.1 Å². The van der Waals surface area contributed by atoms with Crippen LogP contribution in [0.1, 0.15) is 31.2 Å². The standard InChI is InChI=1S/C16H21N3O/c17-11-5-6-14-7-9-15(10-8-14)18-16(20)19-12-3-1-2-4-13-19/h7-10H,1-4,11-13,17H2,(H,18,20). The van der Waals surface area contributed by atoms with Crippen LogP contribution in [0.3, 0.4) is 0 Å². The molecule has 1 aromatic rings. The number of hydrogen-bond acceptors (Lipinski definition) is 2. The third-order valence-electron chi connectivity index (χ3n) is 3.36. The summed E-state index contributed by atoms with van der Waals surface area (Å²) in [7, 11) is 0. The van der Waals surface area contributed by atoms with Crippen LogP contribution in [0.5, 0.6) is 0 Å². The SMILES string of the molecule is NCC#Cc1ccc(NC(=O)N2CCCCCC2)cc1. The Labute approximate surface area is 120 Å². The van der Waals surface area contributed by atoms with Gasteiger partial charge in [-0.1, -0.05) is 24.7 Å². The molecule has 1 aromatic carbocycles. The lowest BCUT2D eigenvalue weighted by Gasteiger charge is -2.20. The Kier molecular flexibility index (Phi) is 5.45. The van der Waals surface area contributed by atoms with Crippen LogP contribution in [-0.4, -0.2) is 30.6 Å². The fourth-order valence-electron chi connectivity index (χ4n) is 2.27. The first-order chi connectivity index (χ1) is 9.79. The summed E-state index contributed by atoms with van der Waals surface area (Å²) in [6.45, 7) is 2.06. The van der Waals surface area contributed by atoms with Crippen molar-refractivity contribution in [3.8, 4) is 11.8 Å². The number of likely N-dealkylation sites (tertiary alicyclic amines) is 1. The summed E-state index contributed by atoms with van der Waals surface area (Å²) < 4.78 is 0. The number of benzene rings is 1. The fraction of sp³-hybridized carbons (Fsp3) is 0.438. The molecule has 0 spiro atoms. The van der Waals surface area contributed by atoms with Gasteiger partial charge in [-0.05, 0) is 37.1 Å². The molecule has 0 aliphatic carbocycles. The van der Waals surface area contributed by atoms with Crippen molar-refractivity contribution in [1.29, 1.82) is 0 Å². The predicted molar refractivity (Wildman–Crippen MR) is 81.4 cm³/mol. The molecule has 1 aliphatic heterocycles. The molecule has 1 fully saturated rings. The highest BCUT2D eigenvalue weighted by Crippen LogP contribution is 2.13. The Bertz CT molecular complexity index is 491. The monoisotopic (exact) mass is 271 g/mol. The van der Waals surface area contributed by atoms with Gasteiger partial charge in [0.05, 0.1) is 6.54 Å². The minimum absolute atomic E-state index is 0.00677. The van der Waals surface area contributed by atoms with Gasteiger partial charge in [0.15, 0.2) is 0 Å². The Hall–Kier alpha value is -1.99. The number of urea groups is 1. The predicted octanol–water partition coefficient (Wildman–Crippen LogP) is 2.40. The Balaban J connectivity index is 1.93. The second kappa shape index (κ2) is 7.56. The molecule has 1 aliphatic rings. The van der Waals surface area contributed by atoms with E-state index in [4.69, 9.17) is 5.73 Å². The van der Waals surface area contributed by atoms with Gasteiger partial charge in [0.25, 0.3) is 0 Å². The molecule has 3 N–H and O–H groups in total. The lowest BCUT2D eigenvalue weighted by Crippen LogP contribution is -2.35. The first-order valence-corrected chi connectivity index (χ1v) is 7.14. The van der Waals surface area contributed by atoms with Gasteiger partial charge in [-0.3, -0.25) is 0 Å². The van der Waals surface area contributed by atoms with Crippen molar-refractivity contribution in [2.45, 2.75) is 25.7 Å². The van der Waals surface area contributed by atoms with Gasteiger partial charge in [0.2, 0.25) is 0 Å². The Morgan fingerprint density at radius 2 is 1.80 bits per heavy atom. The number of rotatable bonds is 1. The summed E-state index contributed by atoms with van der Waals surface area (Å²) in [5, 5.41) is 2.94. The smallest absolute Gasteiger partial charge is 0.321 e. The van der Waals surface area contributed by atoms with Gasteiger partial charge in [0.1, 0.15) is 0 Å². The fourth-order valence-corrected chi connectivity index (χ4v) is 2.27. The molecule has 106 valence electrons. The van der Waals surface area contributed by atoms with E-state index >= 15 is 0 Å². The Morgan fingerprint density at radius 3 is 2.40 bits per heavy atom. The third-order valence-corrected chi connectivity index (χ3v) is 3.36. The van der Waals surface area contributed by atoms with E-state index in [0.29, 0.717) is 6.54 Å². The molecule has 1 heterocycles. The van der Waals surface area contributed by atoms with E-state index in [0.717, 1.165) is 37.2 Å². The maximum Gasteiger partial charge on any atom is 0.321 e. The topological polar surface area (TPSA) is 58.4 Å². The quantitative estimate of drug-likeness (QED) is 0.771. The summed E-state index contributed by atoms with van der Waals surface area (Å²) in [6, 6.07) is 7.51. The average Bonchev–Trinajstić information content (AvgIpc) is 2.75. The van der Waals surface area contributed by atoms with Crippen molar-refractivity contribution in [2.24, 2.45) is 5.73 Å². The number of nitrogens with zero attached hydrogens (tertiary/aromatic N) is 1. The summed E-state index contributed by atoms with van der Waals surface area (Å²) in [4.78, 5) is 14.0. The van der Waals surface area contributed by atoms with E-state index in [1.54, 1.807) is 0 Å². The molecule has 0 radical (unpaired) electrons. The van der Waals surface area contributed by atoms with Crippen molar-refractivity contribution in [3.05, 3.63) is 29.8 Å². The zero-order valence-electron chi connectivity index (χ0n) is 11.7. The highest BCUT2D eigenvalue weighted by molar-refractivity contribution is 5.89. The van der Waals surface area contributed by atoms with Gasteiger partial charge in [-0.25, -0.2) is 4.79 Å². The number of carbonyl (C=O) groups excluding carboxylic acids is 1. The number of nitrogens with two attached hydrogens (primary N) is 1. The van der Waals surface area contributed by atoms with Crippen LogP contribution >= 0.6 is 0 Å². The lowest BCUT2D eigenvalue weighted by atomic mass is 10.2. The first-order valence-electron chi connectivity index (χ1n) is 7.14. The molecule has 4 heteroatoms. The second-order valence-electron chi connectivity index (χ2n) is 4.91. The van der Waals surface area contributed by atoms with Gasteiger partial charge in [-0.15, -0.1) is 0 Å². The minimum atomic E-state index is -0.00677. The zero-order chi connectivity index (χ0) is 14.2. The normalized spacial score (nSPS) is 14.9. The molecule has 20 heavy (non-hydrogen) atoms. The largest absolute Gasteiger partial charge is 0.325 e. The number of anilines is 1. The highest BCUT2D eigenvalue weighted by atomic mass is 16.2. The molecule has 0 saturated carbocycles. The first kappa shape index (κ1) is 14.4. The van der Waals surface area contributed by atoms with E-state index in [1.165, 1.54) is 12.8 Å². The molecular formula is C16H21N3O. The van der Waals surface area contributed by atoms with Crippen molar-refractivity contribution in [3.63, 3.8) is 0 Å². The van der Waals surface area contributed by atoms with Crippen LogP contribution in [0.2, 0.25) is 0 Å². The number of nitrogens with one attached hydrogen (secondary N) is 1. The van der Waals surface area contributed by atoms with Crippen LogP contribution in [0.25, 0.3) is 0 Å². The van der Waals surface area contributed by atoms with Crippen LogP contribution in [-0.2, 0) is 0 Å². The average molecular weight is 271 g/mol. The van der Waals surface area contributed by atoms with E-state index in [-0.39, 0.29) is 6.03 Å². The summed E-state index contributed by atoms with van der Waals surface area (Å²) in [5.74, 6) is 5.76. The Morgan fingerprint density at radius 1 is 1.15 bits per heavy atom. The maximum atomic E-state index is 12.1. The molecule has 1 saturated heterocycles. The third kappa shape index (κ3) is 4.29. The van der Waals surface area contributed by atoms with Crippen molar-refractivity contribution in [1.82, 2.24) is 4.90 Å². The van der Waals surface area contributed by atoms with Gasteiger partial charge in [0, 0.05) is 24.3 Å². The maximum absolute atomic E-state index is 12.1. The van der Waals surface area contributed by atoms with Gasteiger partial charge < -0.3 is 16.0 Å². The van der Waals surface area contributed by atoms with Crippen molar-refractivity contribution in [2.75, 3.05) is 25.0 Å². The molecule has 0 atom stereocenters. The molecular weight excluding hydrogens is 250 g/mol. The van der Waals surface area contributed by atoms with Gasteiger partial charge >= 0.3 is 6.03 Å². The molecule has 2 rings (SSSR count). The van der Waals surface area contributed by atoms with E-state index < -0.39 is 0 Å². The van der Waals surface area contributed by atoms with Crippen molar-refractivity contribution >= 4 is 11.7 Å². The van der Waals surface area contributed by atoms with E-state index in [2.05, 4.69) is 17.2 Å². The number of carbonyl (C=O) groups is 1. The number of hydrogen-bond donors (Lipinski definition) is 2. The summed E-state index contributed by atoms with van der Waals surface area (Å²) >= 11 is 0. The highest BCUT2D eigenvalue weighted by Gasteiger charge is 2.15. The molecule has 0 bridgehead atoms. The molecule has 0 aromatic heterocycles. The zero-order valence-corrected chi connectivity index (χ0v) is 11.7. The van der Waals surface area contributed by atoms with Crippen LogP contribution in [0.4, 0.5) is 10.5 Å². The summed E-state index contributed by atoms with van der Waals surface area (Å²) in [6.07, 6.45) is 4.64. The molecule has 4 nitrogen and oxygen atoms in total. The summed E-state index contributed by atoms with van der Waals surface area (Å²) in [5.41, 5.74) is 7.04. The van der Waals surface area contributed by atoms with E-state index in [9.17, 15) is 4.79 Å². The number of amides is 2. The van der Waals surface area contributed by atoms with Crippen molar-refractivity contribution < 1.29 is 4.79 Å². The molecule has 0 unspecified atom stereocenters. The lowest BCUT2D eigenvalue weighted by molar-refractivity contribution is 0.214.